The van der Waals surface area contributed by atoms with E-state index in [0.29, 0.717) is 12.4 Å². The summed E-state index contributed by atoms with van der Waals surface area (Å²) >= 11 is 0. The standard InChI is InChI=1S/C29H31N5O2/c1-6-21-16-36-28-11-10-23(14-26(21)28)27-15-29(32-20(4)31-27)30-19(3)22-8-7-9-25(13-22)35-17-24-12-18(2)33-34(24)5/h7-16,19H,6,17H2,1-5H3,(H,30,31,32). The lowest BCUT2D eigenvalue weighted by atomic mass is 10.1. The molecule has 5 rings (SSSR count). The van der Waals surface area contributed by atoms with Crippen molar-refractivity contribution < 1.29 is 9.15 Å². The van der Waals surface area contributed by atoms with Crippen LogP contribution in [0.5, 0.6) is 5.75 Å². The molecule has 3 aromatic heterocycles. The molecule has 2 aromatic carbocycles. The Morgan fingerprint density at radius 1 is 1.06 bits per heavy atom. The van der Waals surface area contributed by atoms with Crippen LogP contribution in [0.2, 0.25) is 0 Å². The molecule has 0 fully saturated rings. The zero-order valence-electron chi connectivity index (χ0n) is 21.4. The average molecular weight is 482 g/mol. The lowest BCUT2D eigenvalue weighted by molar-refractivity contribution is 0.294. The van der Waals surface area contributed by atoms with Crippen LogP contribution < -0.4 is 10.1 Å². The van der Waals surface area contributed by atoms with Gasteiger partial charge < -0.3 is 14.5 Å². The topological polar surface area (TPSA) is 78.0 Å². The van der Waals surface area contributed by atoms with Crippen LogP contribution >= 0.6 is 0 Å². The van der Waals surface area contributed by atoms with Gasteiger partial charge in [-0.15, -0.1) is 0 Å². The number of aromatic nitrogens is 4. The van der Waals surface area contributed by atoms with Crippen LogP contribution in [0.25, 0.3) is 22.2 Å². The number of nitrogens with one attached hydrogen (secondary N) is 1. The number of hydrogen-bond donors (Lipinski definition) is 1. The van der Waals surface area contributed by atoms with E-state index in [0.717, 1.165) is 57.2 Å². The van der Waals surface area contributed by atoms with Gasteiger partial charge in [0.1, 0.15) is 29.6 Å². The van der Waals surface area contributed by atoms with Gasteiger partial charge in [-0.1, -0.05) is 19.1 Å². The van der Waals surface area contributed by atoms with E-state index < -0.39 is 0 Å². The van der Waals surface area contributed by atoms with Crippen molar-refractivity contribution >= 4 is 16.8 Å². The van der Waals surface area contributed by atoms with Gasteiger partial charge in [0, 0.05) is 24.1 Å². The summed E-state index contributed by atoms with van der Waals surface area (Å²) in [5.41, 5.74) is 7.15. The molecule has 36 heavy (non-hydrogen) atoms. The zero-order valence-corrected chi connectivity index (χ0v) is 21.4. The van der Waals surface area contributed by atoms with Crippen molar-refractivity contribution in [2.75, 3.05) is 5.32 Å². The van der Waals surface area contributed by atoms with Gasteiger partial charge >= 0.3 is 0 Å². The van der Waals surface area contributed by atoms with Crippen molar-refractivity contribution in [1.29, 1.82) is 0 Å². The highest BCUT2D eigenvalue weighted by Gasteiger charge is 2.12. The molecule has 0 bridgehead atoms. The lowest BCUT2D eigenvalue weighted by Gasteiger charge is -2.17. The van der Waals surface area contributed by atoms with Crippen LogP contribution in [0.4, 0.5) is 5.82 Å². The summed E-state index contributed by atoms with van der Waals surface area (Å²) in [6.07, 6.45) is 2.76. The van der Waals surface area contributed by atoms with Crippen LogP contribution in [0.15, 0.2) is 65.3 Å². The van der Waals surface area contributed by atoms with Crippen LogP contribution in [-0.4, -0.2) is 19.7 Å². The van der Waals surface area contributed by atoms with Gasteiger partial charge in [-0.25, -0.2) is 9.97 Å². The first-order valence-electron chi connectivity index (χ1n) is 12.2. The molecule has 1 atom stereocenters. The van der Waals surface area contributed by atoms with E-state index >= 15 is 0 Å². The number of ether oxygens (including phenoxy) is 1. The molecule has 0 amide bonds. The van der Waals surface area contributed by atoms with Crippen LogP contribution in [0.1, 0.15) is 48.2 Å². The second-order valence-electron chi connectivity index (χ2n) is 9.14. The number of anilines is 1. The molecular weight excluding hydrogens is 450 g/mol. The molecule has 184 valence electrons. The van der Waals surface area contributed by atoms with Crippen LogP contribution in [0, 0.1) is 13.8 Å². The quantitative estimate of drug-likeness (QED) is 0.271. The Labute approximate surface area is 211 Å². The molecule has 0 spiro atoms. The van der Waals surface area contributed by atoms with Crippen molar-refractivity contribution in [2.24, 2.45) is 7.05 Å². The normalized spacial score (nSPS) is 12.1. The van der Waals surface area contributed by atoms with Crippen molar-refractivity contribution in [1.82, 2.24) is 19.7 Å². The number of hydrogen-bond acceptors (Lipinski definition) is 6. The van der Waals surface area contributed by atoms with Crippen molar-refractivity contribution in [2.45, 2.75) is 46.8 Å². The maximum absolute atomic E-state index is 6.05. The Morgan fingerprint density at radius 3 is 2.69 bits per heavy atom. The molecule has 0 aliphatic heterocycles. The van der Waals surface area contributed by atoms with Crippen molar-refractivity contribution in [3.63, 3.8) is 0 Å². The first-order valence-corrected chi connectivity index (χ1v) is 12.2. The fraction of sp³-hybridized carbons (Fsp3) is 0.276. The molecule has 3 heterocycles. The second-order valence-corrected chi connectivity index (χ2v) is 9.14. The maximum Gasteiger partial charge on any atom is 0.134 e. The van der Waals surface area contributed by atoms with E-state index in [1.165, 1.54) is 5.56 Å². The summed E-state index contributed by atoms with van der Waals surface area (Å²) in [6.45, 7) is 8.62. The minimum Gasteiger partial charge on any atom is -0.487 e. The highest BCUT2D eigenvalue weighted by atomic mass is 16.5. The number of aryl methyl sites for hydroxylation is 4. The number of rotatable bonds is 8. The third-order valence-electron chi connectivity index (χ3n) is 6.38. The van der Waals surface area contributed by atoms with E-state index in [9.17, 15) is 0 Å². The van der Waals surface area contributed by atoms with E-state index in [1.54, 1.807) is 0 Å². The average Bonchev–Trinajstić information content (AvgIpc) is 3.43. The first kappa shape index (κ1) is 23.6. The SMILES string of the molecule is CCc1coc2ccc(-c3cc(NC(C)c4cccc(OCc5cc(C)nn5C)c4)nc(C)n3)cc12. The summed E-state index contributed by atoms with van der Waals surface area (Å²) in [7, 11) is 1.93. The Morgan fingerprint density at radius 2 is 1.92 bits per heavy atom. The third kappa shape index (κ3) is 4.96. The largest absolute Gasteiger partial charge is 0.487 e. The summed E-state index contributed by atoms with van der Waals surface area (Å²) in [5.74, 6) is 2.32. The van der Waals surface area contributed by atoms with Crippen molar-refractivity contribution in [3.05, 3.63) is 89.2 Å². The molecule has 0 saturated carbocycles. The van der Waals surface area contributed by atoms with Crippen LogP contribution in [-0.2, 0) is 20.1 Å². The first-order chi connectivity index (χ1) is 17.4. The molecule has 0 radical (unpaired) electrons. The number of fused-ring (bicyclic) bond motifs is 1. The Hall–Kier alpha value is -4.13. The highest BCUT2D eigenvalue weighted by molar-refractivity contribution is 5.86. The maximum atomic E-state index is 6.05. The van der Waals surface area contributed by atoms with E-state index in [4.69, 9.17) is 14.1 Å². The molecule has 1 N–H and O–H groups in total. The van der Waals surface area contributed by atoms with E-state index in [1.807, 2.05) is 68.2 Å². The van der Waals surface area contributed by atoms with Crippen molar-refractivity contribution in [3.8, 4) is 17.0 Å². The molecule has 5 aromatic rings. The van der Waals surface area contributed by atoms with Gasteiger partial charge in [-0.3, -0.25) is 4.68 Å². The number of furan rings is 1. The molecule has 1 unspecified atom stereocenters. The summed E-state index contributed by atoms with van der Waals surface area (Å²) < 4.78 is 13.6. The number of benzene rings is 2. The van der Waals surface area contributed by atoms with Gasteiger partial charge in [0.15, 0.2) is 0 Å². The van der Waals surface area contributed by atoms with Gasteiger partial charge in [0.2, 0.25) is 0 Å². The fourth-order valence-electron chi connectivity index (χ4n) is 4.44. The molecule has 7 heteroatoms. The summed E-state index contributed by atoms with van der Waals surface area (Å²) in [6, 6.07) is 18.4. The molecule has 7 nitrogen and oxygen atoms in total. The van der Waals surface area contributed by atoms with Crippen LogP contribution in [0.3, 0.4) is 0 Å². The fourth-order valence-corrected chi connectivity index (χ4v) is 4.44. The third-order valence-corrected chi connectivity index (χ3v) is 6.38. The van der Waals surface area contributed by atoms with Gasteiger partial charge in [0.05, 0.1) is 29.4 Å². The highest BCUT2D eigenvalue weighted by Crippen LogP contribution is 2.29. The summed E-state index contributed by atoms with van der Waals surface area (Å²) in [5, 5.41) is 9.05. The number of nitrogens with zero attached hydrogens (tertiary/aromatic N) is 4. The minimum atomic E-state index is 0.0256. The van der Waals surface area contributed by atoms with Gasteiger partial charge in [-0.2, -0.15) is 5.10 Å². The van der Waals surface area contributed by atoms with E-state index in [-0.39, 0.29) is 6.04 Å². The Balaban J connectivity index is 1.34. The van der Waals surface area contributed by atoms with Gasteiger partial charge in [-0.05, 0) is 74.7 Å². The lowest BCUT2D eigenvalue weighted by Crippen LogP contribution is -2.09. The molecular formula is C29H31N5O2. The van der Waals surface area contributed by atoms with E-state index in [2.05, 4.69) is 47.4 Å². The summed E-state index contributed by atoms with van der Waals surface area (Å²) in [4.78, 5) is 9.34. The second kappa shape index (κ2) is 9.85. The Bertz CT molecular complexity index is 1520. The molecule has 0 aliphatic rings. The predicted octanol–water partition coefficient (Wildman–Crippen LogP) is 6.55. The minimum absolute atomic E-state index is 0.0256. The molecule has 0 saturated heterocycles. The van der Waals surface area contributed by atoms with Gasteiger partial charge in [0.25, 0.3) is 0 Å². The smallest absolute Gasteiger partial charge is 0.134 e. The Kier molecular flexibility index (Phi) is 6.46. The molecule has 0 aliphatic carbocycles. The predicted molar refractivity (Wildman–Crippen MR) is 142 cm³/mol. The monoisotopic (exact) mass is 481 g/mol. The zero-order chi connectivity index (χ0) is 25.2.